The zero-order valence-corrected chi connectivity index (χ0v) is 18.3. The lowest BCUT2D eigenvalue weighted by Crippen LogP contribution is -2.42. The third kappa shape index (κ3) is 9.42. The van der Waals surface area contributed by atoms with Crippen molar-refractivity contribution >= 4 is 41.7 Å². The average molecular weight is 450 g/mol. The molecule has 6 heteroatoms. The number of benzene rings is 1. The van der Waals surface area contributed by atoms with Crippen molar-refractivity contribution in [2.24, 2.45) is 4.99 Å². The monoisotopic (exact) mass is 450 g/mol. The van der Waals surface area contributed by atoms with E-state index in [1.807, 2.05) is 18.8 Å². The molecule has 0 unspecified atom stereocenters. The molecule has 0 atom stereocenters. The molecule has 0 spiro atoms. The molecule has 1 rings (SSSR count). The molecule has 132 valence electrons. The summed E-state index contributed by atoms with van der Waals surface area (Å²) < 4.78 is 0.200. The van der Waals surface area contributed by atoms with Crippen LogP contribution in [0.3, 0.4) is 0 Å². The second kappa shape index (κ2) is 11.1. The number of guanidine groups is 1. The minimum atomic E-state index is 0. The Kier molecular flexibility index (Phi) is 10.9. The number of rotatable bonds is 7. The standard InChI is InChI=1S/C17H30N4S.HI/c1-17(2,22-6)13-20-16(18-3)19-11-14-7-9-15(10-8-14)12-21(4)5;/h7-10H,11-13H2,1-6H3,(H2,18,19,20);1H. The second-order valence-corrected chi connectivity index (χ2v) is 7.81. The van der Waals surface area contributed by atoms with E-state index in [0.29, 0.717) is 0 Å². The van der Waals surface area contributed by atoms with Gasteiger partial charge in [0.1, 0.15) is 0 Å². The number of thioether (sulfide) groups is 1. The van der Waals surface area contributed by atoms with Gasteiger partial charge in [-0.2, -0.15) is 11.8 Å². The van der Waals surface area contributed by atoms with Crippen molar-refractivity contribution in [2.45, 2.75) is 31.7 Å². The lowest BCUT2D eigenvalue weighted by Gasteiger charge is -2.23. The number of aliphatic imine (C=N–C) groups is 1. The highest BCUT2D eigenvalue weighted by molar-refractivity contribution is 14.0. The first kappa shape index (κ1) is 22.5. The topological polar surface area (TPSA) is 39.7 Å². The predicted molar refractivity (Wildman–Crippen MR) is 115 cm³/mol. The van der Waals surface area contributed by atoms with Gasteiger partial charge < -0.3 is 15.5 Å². The summed E-state index contributed by atoms with van der Waals surface area (Å²) in [5.74, 6) is 0.847. The van der Waals surface area contributed by atoms with Crippen LogP contribution in [-0.2, 0) is 13.1 Å². The van der Waals surface area contributed by atoms with Gasteiger partial charge in [0.25, 0.3) is 0 Å². The van der Waals surface area contributed by atoms with Crippen molar-refractivity contribution in [3.63, 3.8) is 0 Å². The van der Waals surface area contributed by atoms with Crippen LogP contribution in [0.15, 0.2) is 29.3 Å². The normalized spacial score (nSPS) is 12.0. The molecule has 0 aliphatic rings. The summed E-state index contributed by atoms with van der Waals surface area (Å²) in [6.07, 6.45) is 2.13. The molecule has 0 radical (unpaired) electrons. The Morgan fingerprint density at radius 2 is 1.70 bits per heavy atom. The highest BCUT2D eigenvalue weighted by atomic mass is 127. The lowest BCUT2D eigenvalue weighted by atomic mass is 10.1. The number of nitrogens with one attached hydrogen (secondary N) is 2. The Bertz CT molecular complexity index is 472. The minimum Gasteiger partial charge on any atom is -0.355 e. The molecular formula is C17H31IN4S. The Labute approximate surface area is 162 Å². The van der Waals surface area contributed by atoms with Gasteiger partial charge in [-0.15, -0.1) is 24.0 Å². The maximum Gasteiger partial charge on any atom is 0.191 e. The molecule has 23 heavy (non-hydrogen) atoms. The molecule has 0 amide bonds. The third-order valence-electron chi connectivity index (χ3n) is 3.44. The van der Waals surface area contributed by atoms with Crippen LogP contribution in [-0.4, -0.2) is 49.6 Å². The van der Waals surface area contributed by atoms with Crippen molar-refractivity contribution in [3.8, 4) is 0 Å². The molecule has 0 bridgehead atoms. The fourth-order valence-corrected chi connectivity index (χ4v) is 2.12. The maximum atomic E-state index is 4.28. The fourth-order valence-electron chi connectivity index (χ4n) is 1.90. The molecule has 4 nitrogen and oxygen atoms in total. The van der Waals surface area contributed by atoms with Crippen LogP contribution in [0, 0.1) is 0 Å². The van der Waals surface area contributed by atoms with E-state index in [1.165, 1.54) is 11.1 Å². The molecule has 0 saturated heterocycles. The number of nitrogens with zero attached hydrogens (tertiary/aromatic N) is 2. The highest BCUT2D eigenvalue weighted by Gasteiger charge is 2.15. The fraction of sp³-hybridized carbons (Fsp3) is 0.588. The first-order valence-electron chi connectivity index (χ1n) is 7.58. The molecule has 0 saturated carbocycles. The minimum absolute atomic E-state index is 0. The Morgan fingerprint density at radius 3 is 2.17 bits per heavy atom. The predicted octanol–water partition coefficient (Wildman–Crippen LogP) is 3.17. The molecule has 1 aromatic carbocycles. The molecule has 0 fully saturated rings. The zero-order chi connectivity index (χ0) is 16.6. The van der Waals surface area contributed by atoms with E-state index in [9.17, 15) is 0 Å². The first-order valence-corrected chi connectivity index (χ1v) is 8.81. The Balaban J connectivity index is 0.00000484. The third-order valence-corrected chi connectivity index (χ3v) is 4.69. The Hall–Kier alpha value is -0.470. The van der Waals surface area contributed by atoms with Gasteiger partial charge in [-0.1, -0.05) is 24.3 Å². The SMILES string of the molecule is CN=C(NCc1ccc(CN(C)C)cc1)NCC(C)(C)SC.I. The van der Waals surface area contributed by atoms with Crippen molar-refractivity contribution in [1.82, 2.24) is 15.5 Å². The average Bonchev–Trinajstić information content (AvgIpc) is 2.48. The summed E-state index contributed by atoms with van der Waals surface area (Å²) in [4.78, 5) is 6.45. The van der Waals surface area contributed by atoms with Crippen LogP contribution in [0.1, 0.15) is 25.0 Å². The number of hydrogen-bond acceptors (Lipinski definition) is 3. The van der Waals surface area contributed by atoms with Crippen molar-refractivity contribution in [1.29, 1.82) is 0 Å². The molecule has 2 N–H and O–H groups in total. The molecule has 0 heterocycles. The summed E-state index contributed by atoms with van der Waals surface area (Å²) in [5, 5.41) is 6.74. The van der Waals surface area contributed by atoms with Gasteiger partial charge in [0.15, 0.2) is 5.96 Å². The van der Waals surface area contributed by atoms with Gasteiger partial charge in [0, 0.05) is 31.4 Å². The summed E-state index contributed by atoms with van der Waals surface area (Å²) in [7, 11) is 5.98. The maximum absolute atomic E-state index is 4.28. The summed E-state index contributed by atoms with van der Waals surface area (Å²) >= 11 is 1.85. The van der Waals surface area contributed by atoms with Gasteiger partial charge in [-0.25, -0.2) is 0 Å². The van der Waals surface area contributed by atoms with E-state index < -0.39 is 0 Å². The largest absolute Gasteiger partial charge is 0.355 e. The van der Waals surface area contributed by atoms with E-state index >= 15 is 0 Å². The van der Waals surface area contributed by atoms with Crippen LogP contribution < -0.4 is 10.6 Å². The van der Waals surface area contributed by atoms with Gasteiger partial charge in [-0.3, -0.25) is 4.99 Å². The van der Waals surface area contributed by atoms with Crippen LogP contribution in [0.4, 0.5) is 0 Å². The first-order chi connectivity index (χ1) is 10.4. The van der Waals surface area contributed by atoms with Crippen molar-refractivity contribution in [2.75, 3.05) is 33.9 Å². The molecule has 1 aromatic rings. The molecule has 0 aliphatic heterocycles. The quantitative estimate of drug-likeness (QED) is 0.381. The van der Waals surface area contributed by atoms with Crippen LogP contribution in [0.2, 0.25) is 0 Å². The Morgan fingerprint density at radius 1 is 1.13 bits per heavy atom. The van der Waals surface area contributed by atoms with E-state index in [-0.39, 0.29) is 28.7 Å². The van der Waals surface area contributed by atoms with Crippen LogP contribution in [0.25, 0.3) is 0 Å². The summed E-state index contributed by atoms with van der Waals surface area (Å²) in [6.45, 7) is 7.08. The summed E-state index contributed by atoms with van der Waals surface area (Å²) in [6, 6.07) is 8.71. The molecule has 0 aliphatic carbocycles. The van der Waals surface area contributed by atoms with E-state index in [2.05, 4.69) is 79.0 Å². The summed E-state index contributed by atoms with van der Waals surface area (Å²) in [5.41, 5.74) is 2.59. The van der Waals surface area contributed by atoms with E-state index in [1.54, 1.807) is 0 Å². The smallest absolute Gasteiger partial charge is 0.191 e. The number of hydrogen-bond donors (Lipinski definition) is 2. The lowest BCUT2D eigenvalue weighted by molar-refractivity contribution is 0.402. The van der Waals surface area contributed by atoms with E-state index in [0.717, 1.165) is 25.6 Å². The van der Waals surface area contributed by atoms with Gasteiger partial charge in [0.2, 0.25) is 0 Å². The van der Waals surface area contributed by atoms with Crippen molar-refractivity contribution < 1.29 is 0 Å². The number of halogens is 1. The van der Waals surface area contributed by atoms with Gasteiger partial charge in [0.05, 0.1) is 0 Å². The second-order valence-electron chi connectivity index (χ2n) is 6.30. The zero-order valence-electron chi connectivity index (χ0n) is 15.1. The molecule has 0 aromatic heterocycles. The van der Waals surface area contributed by atoms with Crippen molar-refractivity contribution in [3.05, 3.63) is 35.4 Å². The highest BCUT2D eigenvalue weighted by Crippen LogP contribution is 2.19. The van der Waals surface area contributed by atoms with Crippen LogP contribution >= 0.6 is 35.7 Å². The van der Waals surface area contributed by atoms with E-state index in [4.69, 9.17) is 0 Å². The van der Waals surface area contributed by atoms with Gasteiger partial charge in [-0.05, 0) is 45.3 Å². The van der Waals surface area contributed by atoms with Crippen LogP contribution in [0.5, 0.6) is 0 Å². The molecular weight excluding hydrogens is 419 g/mol. The van der Waals surface area contributed by atoms with Gasteiger partial charge >= 0.3 is 0 Å².